The standard InChI is InChI=1S/C17H20FN3O3/c1-10-6-20-21(8-10)15-16(22)14(13-9-23-17(15)24-13)19-7-11-3-2-4-12(18)5-11/h2-6,8,13-17,19,22H,7,9H2,1H3/t13-,14-,15-,16+,17-/m1/s1. The number of fused-ring (bicyclic) bond motifs is 2. The van der Waals surface area contributed by atoms with Crippen molar-refractivity contribution in [2.75, 3.05) is 6.61 Å². The third kappa shape index (κ3) is 2.84. The quantitative estimate of drug-likeness (QED) is 0.878. The number of halogens is 1. The first kappa shape index (κ1) is 15.7. The van der Waals surface area contributed by atoms with Gasteiger partial charge in [-0.05, 0) is 30.2 Å². The molecule has 2 fully saturated rings. The predicted octanol–water partition coefficient (Wildman–Crippen LogP) is 1.15. The molecule has 0 radical (unpaired) electrons. The number of nitrogens with one attached hydrogen (secondary N) is 1. The number of ether oxygens (including phenoxy) is 2. The van der Waals surface area contributed by atoms with Gasteiger partial charge in [0, 0.05) is 12.7 Å². The Morgan fingerprint density at radius 2 is 2.33 bits per heavy atom. The van der Waals surface area contributed by atoms with Crippen molar-refractivity contribution in [3.8, 4) is 0 Å². The van der Waals surface area contributed by atoms with Crippen molar-refractivity contribution in [3.05, 3.63) is 53.6 Å². The van der Waals surface area contributed by atoms with Crippen molar-refractivity contribution < 1.29 is 19.0 Å². The van der Waals surface area contributed by atoms with Crippen LogP contribution in [0.25, 0.3) is 0 Å². The fraction of sp³-hybridized carbons (Fsp3) is 0.471. The molecule has 128 valence electrons. The molecule has 24 heavy (non-hydrogen) atoms. The number of aromatic nitrogens is 2. The molecule has 0 saturated carbocycles. The Labute approximate surface area is 139 Å². The molecule has 1 aromatic carbocycles. The molecule has 0 unspecified atom stereocenters. The van der Waals surface area contributed by atoms with Gasteiger partial charge in [-0.25, -0.2) is 4.39 Å². The average molecular weight is 333 g/mol. The molecule has 6 nitrogen and oxygen atoms in total. The van der Waals surface area contributed by atoms with E-state index < -0.39 is 18.4 Å². The Morgan fingerprint density at radius 3 is 3.08 bits per heavy atom. The fourth-order valence-electron chi connectivity index (χ4n) is 3.41. The van der Waals surface area contributed by atoms with E-state index in [-0.39, 0.29) is 18.0 Å². The van der Waals surface area contributed by atoms with Gasteiger partial charge in [-0.2, -0.15) is 5.10 Å². The fourth-order valence-corrected chi connectivity index (χ4v) is 3.41. The molecule has 3 heterocycles. The lowest BCUT2D eigenvalue weighted by Crippen LogP contribution is -2.57. The van der Waals surface area contributed by atoms with E-state index in [0.29, 0.717) is 13.2 Å². The summed E-state index contributed by atoms with van der Waals surface area (Å²) in [6.07, 6.45) is 2.15. The average Bonchev–Trinajstić information content (AvgIpc) is 3.16. The SMILES string of the molecule is Cc1cnn([C@H]2[C@@H]3OC[C@@H](O3)[C@@H](NCc3cccc(F)c3)[C@@H]2O)c1. The highest BCUT2D eigenvalue weighted by Crippen LogP contribution is 2.35. The molecule has 2 aliphatic heterocycles. The number of hydrogen-bond acceptors (Lipinski definition) is 5. The van der Waals surface area contributed by atoms with Crippen molar-refractivity contribution in [2.24, 2.45) is 0 Å². The Hall–Kier alpha value is -1.80. The maximum Gasteiger partial charge on any atom is 0.183 e. The van der Waals surface area contributed by atoms with Crippen LogP contribution in [0.4, 0.5) is 4.39 Å². The topological polar surface area (TPSA) is 68.5 Å². The largest absolute Gasteiger partial charge is 0.389 e. The molecule has 2 saturated heterocycles. The van der Waals surface area contributed by atoms with Crippen LogP contribution < -0.4 is 5.32 Å². The number of aliphatic hydroxyl groups is 1. The van der Waals surface area contributed by atoms with Gasteiger partial charge < -0.3 is 19.9 Å². The first-order valence-corrected chi connectivity index (χ1v) is 8.05. The number of aliphatic hydroxyl groups excluding tert-OH is 1. The highest BCUT2D eigenvalue weighted by Gasteiger charge is 2.51. The van der Waals surface area contributed by atoms with Crippen LogP contribution in [-0.2, 0) is 16.0 Å². The van der Waals surface area contributed by atoms with E-state index in [1.165, 1.54) is 12.1 Å². The molecule has 0 amide bonds. The molecule has 0 spiro atoms. The number of nitrogens with zero attached hydrogens (tertiary/aromatic N) is 2. The molecular weight excluding hydrogens is 313 g/mol. The minimum Gasteiger partial charge on any atom is -0.389 e. The molecule has 7 heteroatoms. The first-order chi connectivity index (χ1) is 11.6. The Bertz CT molecular complexity index is 723. The summed E-state index contributed by atoms with van der Waals surface area (Å²) in [6.45, 7) is 2.80. The van der Waals surface area contributed by atoms with E-state index in [1.54, 1.807) is 16.9 Å². The molecule has 2 aliphatic rings. The van der Waals surface area contributed by atoms with Crippen LogP contribution >= 0.6 is 0 Å². The molecular formula is C17H20FN3O3. The van der Waals surface area contributed by atoms with E-state index in [4.69, 9.17) is 9.47 Å². The lowest BCUT2D eigenvalue weighted by molar-refractivity contribution is -0.168. The van der Waals surface area contributed by atoms with Crippen molar-refractivity contribution in [2.45, 2.75) is 44.1 Å². The molecule has 4 rings (SSSR count). The first-order valence-electron chi connectivity index (χ1n) is 8.05. The second kappa shape index (κ2) is 6.25. The van der Waals surface area contributed by atoms with Gasteiger partial charge in [0.15, 0.2) is 6.29 Å². The zero-order valence-corrected chi connectivity index (χ0v) is 13.3. The van der Waals surface area contributed by atoms with Crippen LogP contribution in [0.3, 0.4) is 0 Å². The van der Waals surface area contributed by atoms with Crippen molar-refractivity contribution in [1.82, 2.24) is 15.1 Å². The second-order valence-electron chi connectivity index (χ2n) is 6.39. The van der Waals surface area contributed by atoms with Crippen molar-refractivity contribution >= 4 is 0 Å². The maximum absolute atomic E-state index is 13.3. The number of benzene rings is 1. The molecule has 0 aliphatic carbocycles. The zero-order chi connectivity index (χ0) is 16.7. The van der Waals surface area contributed by atoms with Gasteiger partial charge >= 0.3 is 0 Å². The Kier molecular flexibility index (Phi) is 4.09. The number of rotatable bonds is 4. The summed E-state index contributed by atoms with van der Waals surface area (Å²) >= 11 is 0. The monoisotopic (exact) mass is 333 g/mol. The van der Waals surface area contributed by atoms with Crippen LogP contribution in [0.5, 0.6) is 0 Å². The third-order valence-electron chi connectivity index (χ3n) is 4.60. The molecule has 2 aromatic rings. The summed E-state index contributed by atoms with van der Waals surface area (Å²) in [5.41, 5.74) is 1.82. The summed E-state index contributed by atoms with van der Waals surface area (Å²) in [6, 6.07) is 5.67. The second-order valence-corrected chi connectivity index (χ2v) is 6.39. The molecule has 5 atom stereocenters. The van der Waals surface area contributed by atoms with Crippen LogP contribution in [0.1, 0.15) is 17.2 Å². The third-order valence-corrected chi connectivity index (χ3v) is 4.60. The smallest absolute Gasteiger partial charge is 0.183 e. The zero-order valence-electron chi connectivity index (χ0n) is 13.3. The van der Waals surface area contributed by atoms with Crippen molar-refractivity contribution in [3.63, 3.8) is 0 Å². The van der Waals surface area contributed by atoms with E-state index in [9.17, 15) is 9.50 Å². The molecule has 2 bridgehead atoms. The van der Waals surface area contributed by atoms with Crippen LogP contribution in [0.2, 0.25) is 0 Å². The highest BCUT2D eigenvalue weighted by molar-refractivity contribution is 5.16. The van der Waals surface area contributed by atoms with E-state index in [0.717, 1.165) is 11.1 Å². The summed E-state index contributed by atoms with van der Waals surface area (Å²) in [5.74, 6) is -0.274. The van der Waals surface area contributed by atoms with Gasteiger partial charge in [-0.3, -0.25) is 4.68 Å². The lowest BCUT2D eigenvalue weighted by atomic mass is 9.96. The van der Waals surface area contributed by atoms with Crippen LogP contribution in [-0.4, -0.2) is 46.0 Å². The summed E-state index contributed by atoms with van der Waals surface area (Å²) in [5, 5.41) is 18.4. The summed E-state index contributed by atoms with van der Waals surface area (Å²) < 4.78 is 26.6. The minimum absolute atomic E-state index is 0.230. The van der Waals surface area contributed by atoms with E-state index in [1.807, 2.05) is 19.2 Å². The van der Waals surface area contributed by atoms with E-state index in [2.05, 4.69) is 10.4 Å². The molecule has 1 aromatic heterocycles. The predicted molar refractivity (Wildman–Crippen MR) is 83.6 cm³/mol. The van der Waals surface area contributed by atoms with Gasteiger partial charge in [-0.1, -0.05) is 12.1 Å². The van der Waals surface area contributed by atoms with Gasteiger partial charge in [0.25, 0.3) is 0 Å². The molecule has 2 N–H and O–H groups in total. The maximum atomic E-state index is 13.3. The number of aryl methyl sites for hydroxylation is 1. The van der Waals surface area contributed by atoms with Crippen LogP contribution in [0.15, 0.2) is 36.7 Å². The Balaban J connectivity index is 1.52. The Morgan fingerprint density at radius 1 is 1.46 bits per heavy atom. The van der Waals surface area contributed by atoms with Gasteiger partial charge in [0.2, 0.25) is 0 Å². The van der Waals surface area contributed by atoms with Crippen molar-refractivity contribution in [1.29, 1.82) is 0 Å². The van der Waals surface area contributed by atoms with Crippen LogP contribution in [0, 0.1) is 12.7 Å². The highest BCUT2D eigenvalue weighted by atomic mass is 19.1. The normalized spacial score (nSPS) is 32.2. The van der Waals surface area contributed by atoms with Gasteiger partial charge in [0.05, 0.1) is 24.9 Å². The number of hydrogen-bond donors (Lipinski definition) is 2. The lowest BCUT2D eigenvalue weighted by Gasteiger charge is -2.38. The van der Waals surface area contributed by atoms with Gasteiger partial charge in [0.1, 0.15) is 18.0 Å². The van der Waals surface area contributed by atoms with Gasteiger partial charge in [-0.15, -0.1) is 0 Å². The summed E-state index contributed by atoms with van der Waals surface area (Å²) in [7, 11) is 0. The van der Waals surface area contributed by atoms with E-state index >= 15 is 0 Å². The summed E-state index contributed by atoms with van der Waals surface area (Å²) in [4.78, 5) is 0. The minimum atomic E-state index is -0.718.